The molecule has 33 heavy (non-hydrogen) atoms. The molecule has 2 saturated heterocycles. The van der Waals surface area contributed by atoms with Gasteiger partial charge < -0.3 is 20.2 Å². The summed E-state index contributed by atoms with van der Waals surface area (Å²) < 4.78 is 27.4. The van der Waals surface area contributed by atoms with Crippen molar-refractivity contribution < 1.29 is 23.5 Å². The Kier molecular flexibility index (Phi) is 6.61. The van der Waals surface area contributed by atoms with Crippen molar-refractivity contribution in [1.29, 1.82) is 0 Å². The molecule has 0 unspecified atom stereocenters. The smallest absolute Gasteiger partial charge is 0.322 e. The summed E-state index contributed by atoms with van der Waals surface area (Å²) >= 11 is 0. The van der Waals surface area contributed by atoms with E-state index in [0.717, 1.165) is 42.2 Å². The van der Waals surface area contributed by atoms with Crippen LogP contribution >= 0.6 is 0 Å². The van der Waals surface area contributed by atoms with E-state index in [0.29, 0.717) is 0 Å². The minimum atomic E-state index is -0.765. The molecule has 0 aromatic heterocycles. The predicted molar refractivity (Wildman–Crippen MR) is 119 cm³/mol. The second-order valence-corrected chi connectivity index (χ2v) is 8.25. The summed E-state index contributed by atoms with van der Waals surface area (Å²) in [4.78, 5) is 28.3. The van der Waals surface area contributed by atoms with Crippen LogP contribution in [0.5, 0.6) is 0 Å². The number of nitrogens with zero attached hydrogens (tertiary/aromatic N) is 2. The molecule has 2 heterocycles. The van der Waals surface area contributed by atoms with Crippen LogP contribution in [-0.2, 0) is 4.79 Å². The van der Waals surface area contributed by atoms with E-state index < -0.39 is 17.7 Å². The zero-order chi connectivity index (χ0) is 23.5. The van der Waals surface area contributed by atoms with Crippen molar-refractivity contribution in [3.8, 4) is 11.8 Å². The average Bonchev–Trinajstić information content (AvgIpc) is 2.78. The lowest BCUT2D eigenvalue weighted by Crippen LogP contribution is -2.73. The van der Waals surface area contributed by atoms with Crippen LogP contribution in [0.2, 0.25) is 0 Å². The van der Waals surface area contributed by atoms with Crippen molar-refractivity contribution in [2.75, 3.05) is 25.0 Å². The lowest BCUT2D eigenvalue weighted by Gasteiger charge is -2.58. The van der Waals surface area contributed by atoms with Crippen molar-refractivity contribution in [3.63, 3.8) is 0 Å². The van der Waals surface area contributed by atoms with Gasteiger partial charge in [0.2, 0.25) is 5.91 Å². The molecule has 6 nitrogen and oxygen atoms in total. The maximum Gasteiger partial charge on any atom is 0.322 e. The van der Waals surface area contributed by atoms with Crippen LogP contribution in [0.25, 0.3) is 0 Å². The molecule has 172 valence electrons. The molecule has 2 aromatic carbocycles. The summed E-state index contributed by atoms with van der Waals surface area (Å²) in [5.41, 5.74) is 1.55. The second kappa shape index (κ2) is 9.59. The van der Waals surface area contributed by atoms with Crippen LogP contribution in [0.1, 0.15) is 36.8 Å². The fraction of sp³-hybridized carbons (Fsp3) is 0.360. The highest BCUT2D eigenvalue weighted by atomic mass is 19.1. The van der Waals surface area contributed by atoms with Crippen molar-refractivity contribution in [3.05, 3.63) is 65.2 Å². The van der Waals surface area contributed by atoms with E-state index in [1.54, 1.807) is 4.90 Å². The number of nitrogens with one attached hydrogen (secondary N) is 1. The van der Waals surface area contributed by atoms with Gasteiger partial charge in [0.05, 0.1) is 24.4 Å². The fourth-order valence-electron chi connectivity index (χ4n) is 4.52. The first-order chi connectivity index (χ1) is 15.9. The monoisotopic (exact) mass is 453 g/mol. The molecule has 0 radical (unpaired) electrons. The largest absolute Gasteiger partial charge is 0.394 e. The Morgan fingerprint density at radius 3 is 2.67 bits per heavy atom. The van der Waals surface area contributed by atoms with Gasteiger partial charge in [-0.15, -0.1) is 0 Å². The van der Waals surface area contributed by atoms with Gasteiger partial charge in [0, 0.05) is 30.5 Å². The van der Waals surface area contributed by atoms with E-state index in [9.17, 15) is 23.5 Å². The molecular weight excluding hydrogens is 428 g/mol. The van der Waals surface area contributed by atoms with Gasteiger partial charge >= 0.3 is 6.03 Å². The summed E-state index contributed by atoms with van der Waals surface area (Å²) in [6, 6.07) is 9.12. The minimum Gasteiger partial charge on any atom is -0.394 e. The van der Waals surface area contributed by atoms with Crippen LogP contribution in [0.15, 0.2) is 42.5 Å². The number of benzene rings is 2. The number of anilines is 1. The maximum absolute atomic E-state index is 13.9. The topological polar surface area (TPSA) is 72.9 Å². The van der Waals surface area contributed by atoms with Crippen molar-refractivity contribution in [2.24, 2.45) is 0 Å². The average molecular weight is 453 g/mol. The molecule has 0 bridgehead atoms. The fourth-order valence-corrected chi connectivity index (χ4v) is 4.52. The lowest BCUT2D eigenvalue weighted by atomic mass is 9.73. The molecule has 0 saturated carbocycles. The number of piperazine rings is 1. The molecule has 8 heteroatoms. The van der Waals surface area contributed by atoms with Crippen molar-refractivity contribution in [2.45, 2.75) is 37.8 Å². The van der Waals surface area contributed by atoms with Gasteiger partial charge in [0.1, 0.15) is 18.2 Å². The van der Waals surface area contributed by atoms with Crippen LogP contribution < -0.4 is 5.32 Å². The number of amides is 3. The summed E-state index contributed by atoms with van der Waals surface area (Å²) in [7, 11) is 0. The van der Waals surface area contributed by atoms with Gasteiger partial charge in [-0.25, -0.2) is 13.6 Å². The first-order valence-corrected chi connectivity index (χ1v) is 10.9. The van der Waals surface area contributed by atoms with Crippen molar-refractivity contribution >= 4 is 17.6 Å². The van der Waals surface area contributed by atoms with Gasteiger partial charge in [-0.2, -0.15) is 0 Å². The highest BCUT2D eigenvalue weighted by Crippen LogP contribution is 2.43. The second-order valence-electron chi connectivity index (χ2n) is 8.25. The summed E-state index contributed by atoms with van der Waals surface area (Å²) in [6.07, 6.45) is 1.82. The Balaban J connectivity index is 1.50. The van der Waals surface area contributed by atoms with E-state index >= 15 is 0 Å². The highest BCUT2D eigenvalue weighted by molar-refractivity contribution is 5.94. The molecule has 2 fully saturated rings. The minimum absolute atomic E-state index is 0.155. The number of unbranched alkanes of at least 4 members (excludes halogenated alkanes) is 1. The number of carbonyl (C=O) groups is 2. The number of halogens is 2. The first kappa shape index (κ1) is 22.7. The Bertz CT molecular complexity index is 1110. The molecule has 4 rings (SSSR count). The Morgan fingerprint density at radius 1 is 1.21 bits per heavy atom. The Morgan fingerprint density at radius 2 is 1.97 bits per heavy atom. The number of fused-ring (bicyclic) bond motifs is 1. The highest BCUT2D eigenvalue weighted by Gasteiger charge is 2.54. The van der Waals surface area contributed by atoms with Crippen molar-refractivity contribution in [1.82, 2.24) is 9.80 Å². The molecular formula is C25H25F2N3O3. The standard InChI is InChI=1S/C25H25F2N3O3/c1-2-3-4-5-16-6-8-17(9-7-16)24-21-13-29(14-23(32)30(21)22(24)15-31)25(33)28-20-12-18(26)10-11-19(20)27/h6-12,21-22,24,31H,2-3,13-15H2,1H3,(H,28,33)/t21-,22-,24-/m0/s1. The molecule has 0 aliphatic carbocycles. The van der Waals surface area contributed by atoms with Crippen LogP contribution in [0.3, 0.4) is 0 Å². The summed E-state index contributed by atoms with van der Waals surface area (Å²) in [5, 5.41) is 12.3. The molecule has 2 aliphatic heterocycles. The first-order valence-electron chi connectivity index (χ1n) is 10.9. The third-order valence-electron chi connectivity index (χ3n) is 6.11. The Hall–Kier alpha value is -3.44. The Labute approximate surface area is 191 Å². The van der Waals surface area contributed by atoms with E-state index in [1.165, 1.54) is 4.90 Å². The molecule has 2 N–H and O–H groups in total. The summed E-state index contributed by atoms with van der Waals surface area (Å²) in [5.74, 6) is 4.32. The predicted octanol–water partition coefficient (Wildman–Crippen LogP) is 3.32. The van der Waals surface area contributed by atoms with Gasteiger partial charge in [0.25, 0.3) is 0 Å². The number of hydrogen-bond donors (Lipinski definition) is 2. The zero-order valence-electron chi connectivity index (χ0n) is 18.2. The van der Waals surface area contributed by atoms with Crippen LogP contribution in [0, 0.1) is 23.5 Å². The van der Waals surface area contributed by atoms with E-state index in [2.05, 4.69) is 24.1 Å². The number of aliphatic hydroxyl groups excluding tert-OH is 1. The molecule has 3 amide bonds. The number of urea groups is 1. The molecule has 2 aliphatic rings. The number of rotatable bonds is 4. The third kappa shape index (κ3) is 4.55. The quantitative estimate of drug-likeness (QED) is 0.698. The molecule has 0 spiro atoms. The van der Waals surface area contributed by atoms with Gasteiger partial charge in [-0.05, 0) is 36.2 Å². The third-order valence-corrected chi connectivity index (χ3v) is 6.11. The van der Waals surface area contributed by atoms with Gasteiger partial charge in [-0.1, -0.05) is 30.9 Å². The van der Waals surface area contributed by atoms with Crippen LogP contribution in [0.4, 0.5) is 19.3 Å². The molecule has 2 aromatic rings. The maximum atomic E-state index is 13.9. The molecule has 3 atom stereocenters. The van der Waals surface area contributed by atoms with Crippen LogP contribution in [-0.4, -0.2) is 58.6 Å². The van der Waals surface area contributed by atoms with Gasteiger partial charge in [0.15, 0.2) is 0 Å². The number of hydrogen-bond acceptors (Lipinski definition) is 3. The summed E-state index contributed by atoms with van der Waals surface area (Å²) in [6.45, 7) is 1.90. The van der Waals surface area contributed by atoms with E-state index in [1.807, 2.05) is 24.3 Å². The van der Waals surface area contributed by atoms with Gasteiger partial charge in [-0.3, -0.25) is 4.79 Å². The number of aliphatic hydroxyl groups is 1. The SMILES string of the molecule is CCCC#Cc1ccc([C@@H]2[C@H](CO)N3C(=O)CN(C(=O)Nc4cc(F)ccc4F)C[C@@H]23)cc1. The lowest BCUT2D eigenvalue weighted by molar-refractivity contribution is -0.159. The van der Waals surface area contributed by atoms with E-state index in [4.69, 9.17) is 0 Å². The normalized spacial score (nSPS) is 21.6. The van der Waals surface area contributed by atoms with E-state index in [-0.39, 0.29) is 49.3 Å². The number of carbonyl (C=O) groups excluding carboxylic acids is 2. The zero-order valence-corrected chi connectivity index (χ0v) is 18.2.